The van der Waals surface area contributed by atoms with Crippen LogP contribution in [0, 0.1) is 5.92 Å². The fourth-order valence-corrected chi connectivity index (χ4v) is 2.48. The van der Waals surface area contributed by atoms with Gasteiger partial charge < -0.3 is 0 Å². The second-order valence-electron chi connectivity index (χ2n) is 5.00. The minimum absolute atomic E-state index is 0.202. The van der Waals surface area contributed by atoms with Crippen molar-refractivity contribution in [1.29, 1.82) is 0 Å². The van der Waals surface area contributed by atoms with E-state index in [9.17, 15) is 4.79 Å². The smallest absolute Gasteiger partial charge is 0.155 e. The van der Waals surface area contributed by atoms with E-state index < -0.39 is 0 Å². The molecule has 0 aromatic rings. The molecule has 1 aliphatic heterocycles. The maximum absolute atomic E-state index is 12.4. The van der Waals surface area contributed by atoms with E-state index in [0.717, 1.165) is 25.9 Å². The van der Waals surface area contributed by atoms with E-state index in [1.807, 2.05) is 0 Å². The predicted octanol–water partition coefficient (Wildman–Crippen LogP) is 2.87. The molecule has 0 aliphatic carbocycles. The van der Waals surface area contributed by atoms with Crippen LogP contribution in [0.4, 0.5) is 0 Å². The first kappa shape index (κ1) is 12.7. The zero-order valence-corrected chi connectivity index (χ0v) is 10.7. The Hall–Kier alpha value is -0.370. The Balaban J connectivity index is 2.78. The monoisotopic (exact) mass is 211 g/mol. The second kappa shape index (κ2) is 5.11. The fraction of sp³-hybridized carbons (Fsp3) is 0.923. The molecule has 0 saturated carbocycles. The van der Waals surface area contributed by atoms with Gasteiger partial charge in [-0.05, 0) is 45.7 Å². The van der Waals surface area contributed by atoms with Gasteiger partial charge in [-0.1, -0.05) is 20.8 Å². The van der Waals surface area contributed by atoms with Gasteiger partial charge >= 0.3 is 0 Å². The molecule has 2 heteroatoms. The van der Waals surface area contributed by atoms with Crippen molar-refractivity contribution in [2.75, 3.05) is 13.1 Å². The summed E-state index contributed by atoms with van der Waals surface area (Å²) in [6.45, 7) is 10.6. The number of carbonyl (C=O) groups is 1. The first-order valence-corrected chi connectivity index (χ1v) is 6.35. The molecule has 2 unspecified atom stereocenters. The third kappa shape index (κ3) is 2.41. The largest absolute Gasteiger partial charge is 0.297 e. The maximum atomic E-state index is 12.4. The molecule has 0 bridgehead atoms. The van der Waals surface area contributed by atoms with Crippen LogP contribution in [0.1, 0.15) is 53.4 Å². The standard InChI is InChI=1S/C13H25NO/c1-5-11(3)12(15)13(4,6-2)14-9-7-8-10-14/h11H,5-10H2,1-4H3. The molecule has 1 rings (SSSR count). The minimum Gasteiger partial charge on any atom is -0.297 e. The first-order chi connectivity index (χ1) is 7.06. The molecule has 88 valence electrons. The zero-order valence-electron chi connectivity index (χ0n) is 10.7. The molecule has 0 aromatic heterocycles. The molecule has 0 radical (unpaired) electrons. The topological polar surface area (TPSA) is 20.3 Å². The van der Waals surface area contributed by atoms with Crippen LogP contribution in [-0.2, 0) is 4.79 Å². The summed E-state index contributed by atoms with van der Waals surface area (Å²) in [5.41, 5.74) is -0.202. The highest BCUT2D eigenvalue weighted by Crippen LogP contribution is 2.28. The number of nitrogens with zero attached hydrogens (tertiary/aromatic N) is 1. The summed E-state index contributed by atoms with van der Waals surface area (Å²) in [7, 11) is 0. The molecule has 0 amide bonds. The first-order valence-electron chi connectivity index (χ1n) is 6.35. The van der Waals surface area contributed by atoms with Gasteiger partial charge in [0.2, 0.25) is 0 Å². The summed E-state index contributed by atoms with van der Waals surface area (Å²) < 4.78 is 0. The van der Waals surface area contributed by atoms with E-state index >= 15 is 0 Å². The lowest BCUT2D eigenvalue weighted by Gasteiger charge is -2.38. The average Bonchev–Trinajstić information content (AvgIpc) is 2.79. The molecular formula is C13H25NO. The Labute approximate surface area is 94.0 Å². The van der Waals surface area contributed by atoms with Crippen LogP contribution in [0.25, 0.3) is 0 Å². The fourth-order valence-electron chi connectivity index (χ4n) is 2.48. The van der Waals surface area contributed by atoms with Gasteiger partial charge in [-0.25, -0.2) is 0 Å². The Kier molecular flexibility index (Phi) is 4.32. The third-order valence-corrected chi connectivity index (χ3v) is 4.08. The molecule has 0 aromatic carbocycles. The molecule has 1 saturated heterocycles. The highest BCUT2D eigenvalue weighted by molar-refractivity contribution is 5.89. The number of hydrogen-bond acceptors (Lipinski definition) is 2. The molecular weight excluding hydrogens is 186 g/mol. The summed E-state index contributed by atoms with van der Waals surface area (Å²) in [4.78, 5) is 14.8. The number of ketones is 1. The highest BCUT2D eigenvalue weighted by atomic mass is 16.1. The van der Waals surface area contributed by atoms with Gasteiger partial charge in [0.05, 0.1) is 5.54 Å². The molecule has 15 heavy (non-hydrogen) atoms. The van der Waals surface area contributed by atoms with Gasteiger partial charge in [0.15, 0.2) is 5.78 Å². The van der Waals surface area contributed by atoms with Gasteiger partial charge in [-0.15, -0.1) is 0 Å². The summed E-state index contributed by atoms with van der Waals surface area (Å²) in [6, 6.07) is 0. The van der Waals surface area contributed by atoms with Crippen LogP contribution in [0.2, 0.25) is 0 Å². The van der Waals surface area contributed by atoms with E-state index in [-0.39, 0.29) is 11.5 Å². The van der Waals surface area contributed by atoms with Gasteiger partial charge in [0.25, 0.3) is 0 Å². The molecule has 1 fully saturated rings. The van der Waals surface area contributed by atoms with Crippen molar-refractivity contribution in [3.63, 3.8) is 0 Å². The quantitative estimate of drug-likeness (QED) is 0.697. The second-order valence-corrected chi connectivity index (χ2v) is 5.00. The summed E-state index contributed by atoms with van der Waals surface area (Å²) >= 11 is 0. The van der Waals surface area contributed by atoms with Gasteiger partial charge in [0, 0.05) is 5.92 Å². The van der Waals surface area contributed by atoms with Gasteiger partial charge in [0.1, 0.15) is 0 Å². The van der Waals surface area contributed by atoms with Crippen LogP contribution in [0.3, 0.4) is 0 Å². The Morgan fingerprint density at radius 3 is 2.27 bits per heavy atom. The summed E-state index contributed by atoms with van der Waals surface area (Å²) in [5.74, 6) is 0.643. The van der Waals surface area contributed by atoms with Crippen LogP contribution in [0.15, 0.2) is 0 Å². The number of hydrogen-bond donors (Lipinski definition) is 0. The highest BCUT2D eigenvalue weighted by Gasteiger charge is 2.40. The Morgan fingerprint density at radius 2 is 1.87 bits per heavy atom. The summed E-state index contributed by atoms with van der Waals surface area (Å²) in [6.07, 6.45) is 4.41. The number of likely N-dealkylation sites (tertiary alicyclic amines) is 1. The number of Topliss-reactive ketones (excluding diaryl/α,β-unsaturated/α-hetero) is 1. The molecule has 0 N–H and O–H groups in total. The zero-order chi connectivity index (χ0) is 11.5. The Morgan fingerprint density at radius 1 is 1.33 bits per heavy atom. The number of carbonyl (C=O) groups excluding carboxylic acids is 1. The third-order valence-electron chi connectivity index (χ3n) is 4.08. The molecule has 1 aliphatic rings. The normalized spacial score (nSPS) is 23.7. The van der Waals surface area contributed by atoms with Crippen molar-refractivity contribution in [2.45, 2.75) is 58.9 Å². The lowest BCUT2D eigenvalue weighted by molar-refractivity contribution is -0.133. The van der Waals surface area contributed by atoms with E-state index in [4.69, 9.17) is 0 Å². The molecule has 2 atom stereocenters. The van der Waals surface area contributed by atoms with E-state index in [1.54, 1.807) is 0 Å². The van der Waals surface area contributed by atoms with E-state index in [0.29, 0.717) is 5.78 Å². The van der Waals surface area contributed by atoms with Crippen molar-refractivity contribution in [3.05, 3.63) is 0 Å². The molecule has 1 heterocycles. The van der Waals surface area contributed by atoms with Crippen LogP contribution >= 0.6 is 0 Å². The number of rotatable bonds is 5. The van der Waals surface area contributed by atoms with Crippen LogP contribution < -0.4 is 0 Å². The summed E-state index contributed by atoms with van der Waals surface area (Å²) in [5, 5.41) is 0. The predicted molar refractivity (Wildman–Crippen MR) is 64.0 cm³/mol. The van der Waals surface area contributed by atoms with Gasteiger partial charge in [-0.3, -0.25) is 9.69 Å². The molecule has 0 spiro atoms. The lowest BCUT2D eigenvalue weighted by Crippen LogP contribution is -2.52. The van der Waals surface area contributed by atoms with Gasteiger partial charge in [-0.2, -0.15) is 0 Å². The molecule has 2 nitrogen and oxygen atoms in total. The maximum Gasteiger partial charge on any atom is 0.155 e. The van der Waals surface area contributed by atoms with E-state index in [1.165, 1.54) is 12.8 Å². The van der Waals surface area contributed by atoms with E-state index in [2.05, 4.69) is 32.6 Å². The van der Waals surface area contributed by atoms with Crippen molar-refractivity contribution in [1.82, 2.24) is 4.90 Å². The van der Waals surface area contributed by atoms with Crippen LogP contribution in [0.5, 0.6) is 0 Å². The van der Waals surface area contributed by atoms with Crippen molar-refractivity contribution in [3.8, 4) is 0 Å². The SMILES string of the molecule is CCC(C)C(=O)C(C)(CC)N1CCCC1. The van der Waals surface area contributed by atoms with Crippen molar-refractivity contribution in [2.24, 2.45) is 5.92 Å². The average molecular weight is 211 g/mol. The lowest BCUT2D eigenvalue weighted by atomic mass is 9.83. The Bertz CT molecular complexity index is 221. The van der Waals surface area contributed by atoms with Crippen molar-refractivity contribution < 1.29 is 4.79 Å². The minimum atomic E-state index is -0.202. The van der Waals surface area contributed by atoms with Crippen LogP contribution in [-0.4, -0.2) is 29.3 Å². The van der Waals surface area contributed by atoms with Crippen molar-refractivity contribution >= 4 is 5.78 Å².